The first kappa shape index (κ1) is 16.8. The van der Waals surface area contributed by atoms with E-state index < -0.39 is 10.0 Å². The molecule has 0 saturated carbocycles. The summed E-state index contributed by atoms with van der Waals surface area (Å²) < 4.78 is 28.9. The van der Waals surface area contributed by atoms with Gasteiger partial charge in [-0.2, -0.15) is 0 Å². The highest BCUT2D eigenvalue weighted by Crippen LogP contribution is 2.30. The molecule has 21 heavy (non-hydrogen) atoms. The summed E-state index contributed by atoms with van der Waals surface area (Å²) in [6, 6.07) is -0.0870. The molecule has 1 aromatic rings. The van der Waals surface area contributed by atoms with Crippen LogP contribution >= 0.6 is 11.5 Å². The highest BCUT2D eigenvalue weighted by molar-refractivity contribution is 7.88. The Bertz CT molecular complexity index is 558. The van der Waals surface area contributed by atoms with Crippen molar-refractivity contribution in [1.82, 2.24) is 13.9 Å². The number of hydrogen-bond acceptors (Lipinski definition) is 6. The molecule has 2 unspecified atom stereocenters. The second-order valence-electron chi connectivity index (χ2n) is 5.81. The topological polar surface area (TPSA) is 89.2 Å². The molecule has 1 aliphatic heterocycles. The van der Waals surface area contributed by atoms with Crippen molar-refractivity contribution < 1.29 is 8.42 Å². The molecule has 2 rings (SSSR count). The van der Waals surface area contributed by atoms with E-state index in [9.17, 15) is 8.42 Å². The third kappa shape index (κ3) is 4.45. The molecule has 1 aromatic heterocycles. The van der Waals surface area contributed by atoms with Crippen LogP contribution in [-0.2, 0) is 16.4 Å². The summed E-state index contributed by atoms with van der Waals surface area (Å²) >= 11 is 1.37. The van der Waals surface area contributed by atoms with Gasteiger partial charge in [0.05, 0.1) is 16.8 Å². The van der Waals surface area contributed by atoms with Crippen molar-refractivity contribution in [2.45, 2.75) is 45.1 Å². The van der Waals surface area contributed by atoms with Gasteiger partial charge >= 0.3 is 0 Å². The number of aryl methyl sites for hydroxylation is 1. The lowest BCUT2D eigenvalue weighted by atomic mass is 9.91. The number of nitrogens with zero attached hydrogens (tertiary/aromatic N) is 3. The van der Waals surface area contributed by atoms with Gasteiger partial charge in [0.2, 0.25) is 10.0 Å². The molecule has 1 fully saturated rings. The van der Waals surface area contributed by atoms with Gasteiger partial charge in [-0.25, -0.2) is 12.7 Å². The maximum absolute atomic E-state index is 11.7. The second kappa shape index (κ2) is 7.13. The fraction of sp³-hybridized carbons (Fsp3) is 0.846. The normalized spacial score (nSPS) is 22.3. The minimum atomic E-state index is -3.09. The highest BCUT2D eigenvalue weighted by atomic mass is 32.2. The lowest BCUT2D eigenvalue weighted by Gasteiger charge is -2.32. The van der Waals surface area contributed by atoms with E-state index in [0.29, 0.717) is 19.0 Å². The Morgan fingerprint density at radius 2 is 2.29 bits per heavy atom. The summed E-state index contributed by atoms with van der Waals surface area (Å²) in [6.07, 6.45) is 5.95. The first-order valence-corrected chi connectivity index (χ1v) is 10.1. The highest BCUT2D eigenvalue weighted by Gasteiger charge is 2.28. The molecule has 0 aliphatic carbocycles. The van der Waals surface area contributed by atoms with E-state index in [1.807, 2.05) is 0 Å². The third-order valence-electron chi connectivity index (χ3n) is 3.95. The number of aromatic nitrogens is 2. The zero-order valence-corrected chi connectivity index (χ0v) is 14.3. The number of sulfonamides is 1. The van der Waals surface area contributed by atoms with E-state index in [1.54, 1.807) is 4.31 Å². The monoisotopic (exact) mass is 332 g/mol. The smallest absolute Gasteiger partial charge is 0.211 e. The molecule has 0 spiro atoms. The summed E-state index contributed by atoms with van der Waals surface area (Å²) in [5.74, 6) is 0.319. The molecule has 8 heteroatoms. The summed E-state index contributed by atoms with van der Waals surface area (Å²) in [5.41, 5.74) is 7.32. The van der Waals surface area contributed by atoms with Gasteiger partial charge in [-0.3, -0.25) is 0 Å². The Morgan fingerprint density at radius 1 is 1.52 bits per heavy atom. The molecule has 1 aliphatic rings. The zero-order chi connectivity index (χ0) is 15.5. The lowest BCUT2D eigenvalue weighted by molar-refractivity contribution is 0.247. The average Bonchev–Trinajstić information content (AvgIpc) is 2.87. The predicted octanol–water partition coefficient (Wildman–Crippen LogP) is 1.55. The van der Waals surface area contributed by atoms with Crippen molar-refractivity contribution >= 4 is 21.6 Å². The Kier molecular flexibility index (Phi) is 5.70. The molecule has 0 amide bonds. The lowest BCUT2D eigenvalue weighted by Crippen LogP contribution is -2.40. The largest absolute Gasteiger partial charge is 0.323 e. The summed E-state index contributed by atoms with van der Waals surface area (Å²) in [6.45, 7) is 3.33. The summed E-state index contributed by atoms with van der Waals surface area (Å²) in [4.78, 5) is 1.06. The van der Waals surface area contributed by atoms with Crippen LogP contribution in [0.3, 0.4) is 0 Å². The third-order valence-corrected chi connectivity index (χ3v) is 6.11. The summed E-state index contributed by atoms with van der Waals surface area (Å²) in [7, 11) is -3.09. The number of nitrogens with two attached hydrogens (primary N) is 1. The fourth-order valence-electron chi connectivity index (χ4n) is 2.89. The van der Waals surface area contributed by atoms with Crippen LogP contribution in [0.15, 0.2) is 0 Å². The van der Waals surface area contributed by atoms with Crippen LogP contribution in [0.1, 0.15) is 49.2 Å². The predicted molar refractivity (Wildman–Crippen MR) is 84.6 cm³/mol. The van der Waals surface area contributed by atoms with E-state index in [0.717, 1.165) is 42.7 Å². The maximum atomic E-state index is 11.7. The van der Waals surface area contributed by atoms with Crippen molar-refractivity contribution in [1.29, 1.82) is 0 Å². The van der Waals surface area contributed by atoms with Crippen LogP contribution in [0.4, 0.5) is 0 Å². The van der Waals surface area contributed by atoms with Gasteiger partial charge in [0.1, 0.15) is 0 Å². The van der Waals surface area contributed by atoms with E-state index >= 15 is 0 Å². The van der Waals surface area contributed by atoms with Gasteiger partial charge in [0.25, 0.3) is 0 Å². The van der Waals surface area contributed by atoms with Gasteiger partial charge in [-0.1, -0.05) is 17.8 Å². The van der Waals surface area contributed by atoms with Crippen molar-refractivity contribution in [2.75, 3.05) is 19.3 Å². The number of piperidine rings is 1. The van der Waals surface area contributed by atoms with Gasteiger partial charge in [-0.05, 0) is 43.1 Å². The zero-order valence-electron chi connectivity index (χ0n) is 12.7. The molecule has 2 N–H and O–H groups in total. The van der Waals surface area contributed by atoms with E-state index in [1.165, 1.54) is 17.8 Å². The van der Waals surface area contributed by atoms with E-state index in [2.05, 4.69) is 16.5 Å². The molecule has 0 radical (unpaired) electrons. The molecule has 2 atom stereocenters. The van der Waals surface area contributed by atoms with Crippen molar-refractivity contribution in [2.24, 2.45) is 11.7 Å². The van der Waals surface area contributed by atoms with Crippen molar-refractivity contribution in [3.05, 3.63) is 10.6 Å². The maximum Gasteiger partial charge on any atom is 0.211 e. The van der Waals surface area contributed by atoms with Gasteiger partial charge in [0, 0.05) is 19.1 Å². The quantitative estimate of drug-likeness (QED) is 0.854. The molecular weight excluding hydrogens is 308 g/mol. The minimum Gasteiger partial charge on any atom is -0.323 e. The Labute approximate surface area is 130 Å². The Hall–Kier alpha value is -0.570. The summed E-state index contributed by atoms with van der Waals surface area (Å²) in [5, 5.41) is 4.16. The fourth-order valence-corrected chi connectivity index (χ4v) is 4.54. The Balaban J connectivity index is 1.99. The van der Waals surface area contributed by atoms with Crippen LogP contribution in [0.5, 0.6) is 0 Å². The molecule has 2 heterocycles. The Morgan fingerprint density at radius 3 is 2.95 bits per heavy atom. The first-order chi connectivity index (χ1) is 9.91. The van der Waals surface area contributed by atoms with Crippen LogP contribution in [-0.4, -0.2) is 41.7 Å². The van der Waals surface area contributed by atoms with E-state index in [-0.39, 0.29) is 6.04 Å². The second-order valence-corrected chi connectivity index (χ2v) is 8.57. The SMILES string of the molecule is CCCc1nnsc1C(N)CC1CCCN(S(C)(=O)=O)C1. The van der Waals surface area contributed by atoms with Gasteiger partial charge < -0.3 is 5.73 Å². The molecular formula is C13H24N4O2S2. The molecule has 1 saturated heterocycles. The van der Waals surface area contributed by atoms with Crippen molar-refractivity contribution in [3.63, 3.8) is 0 Å². The standard InChI is InChI=1S/C13H24N4O2S2/c1-3-5-12-13(20-16-15-12)11(14)8-10-6-4-7-17(9-10)21(2,18)19/h10-11H,3-9,14H2,1-2H3. The number of hydrogen-bond donors (Lipinski definition) is 1. The molecule has 0 aromatic carbocycles. The van der Waals surface area contributed by atoms with Crippen LogP contribution in [0.2, 0.25) is 0 Å². The van der Waals surface area contributed by atoms with Crippen LogP contribution in [0.25, 0.3) is 0 Å². The average molecular weight is 332 g/mol. The molecule has 120 valence electrons. The van der Waals surface area contributed by atoms with Crippen LogP contribution in [0, 0.1) is 5.92 Å². The molecule has 0 bridgehead atoms. The molecule has 6 nitrogen and oxygen atoms in total. The van der Waals surface area contributed by atoms with E-state index in [4.69, 9.17) is 5.73 Å². The number of rotatable bonds is 6. The first-order valence-electron chi connectivity index (χ1n) is 7.43. The van der Waals surface area contributed by atoms with Gasteiger partial charge in [-0.15, -0.1) is 5.10 Å². The minimum absolute atomic E-state index is 0.0870. The van der Waals surface area contributed by atoms with Crippen molar-refractivity contribution in [3.8, 4) is 0 Å². The van der Waals surface area contributed by atoms with Crippen LogP contribution < -0.4 is 5.73 Å². The van der Waals surface area contributed by atoms with Gasteiger partial charge in [0.15, 0.2) is 0 Å².